The molecule has 0 aromatic heterocycles. The van der Waals surface area contributed by atoms with Crippen LogP contribution in [0.25, 0.3) is 0 Å². The monoisotopic (exact) mass is 218 g/mol. The molecule has 5 nitrogen and oxygen atoms in total. The Bertz CT molecular complexity index is 264. The van der Waals surface area contributed by atoms with E-state index in [1.165, 1.54) is 6.08 Å². The number of aliphatic hydroxyl groups excluding tert-OH is 2. The van der Waals surface area contributed by atoms with Crippen molar-refractivity contribution in [2.24, 2.45) is 0 Å². The zero-order valence-corrected chi connectivity index (χ0v) is 8.07. The fraction of sp³-hybridized carbons (Fsp3) is 0.500. The molecule has 0 aromatic carbocycles. The molecule has 0 unspecified atom stereocenters. The van der Waals surface area contributed by atoms with Gasteiger partial charge in [0.2, 0.25) is 10.2 Å². The smallest absolute Gasteiger partial charge is 0.228 e. The summed E-state index contributed by atoms with van der Waals surface area (Å²) in [6, 6.07) is 0. The third kappa shape index (κ3) is 2.21. The van der Waals surface area contributed by atoms with Crippen molar-refractivity contribution in [3.8, 4) is 0 Å². The fourth-order valence-corrected chi connectivity index (χ4v) is 1.78. The van der Waals surface area contributed by atoms with Crippen molar-refractivity contribution < 1.29 is 24.5 Å². The average Bonchev–Trinajstić information content (AvgIpc) is 2.14. The second kappa shape index (κ2) is 4.70. The van der Waals surface area contributed by atoms with Gasteiger partial charge in [0.05, 0.1) is 6.61 Å². The van der Waals surface area contributed by atoms with Crippen molar-refractivity contribution in [2.75, 3.05) is 6.61 Å². The molecule has 1 rings (SSSR count). The van der Waals surface area contributed by atoms with Gasteiger partial charge in [0.25, 0.3) is 0 Å². The molecule has 0 aliphatic carbocycles. The maximum absolute atomic E-state index is 11.2. The average molecular weight is 218 g/mol. The SMILES string of the molecule is C=CCO[C@H]1C(=O)SC(=O)[C@@H](O)[C@@H]1O. The molecule has 0 radical (unpaired) electrons. The van der Waals surface area contributed by atoms with Crippen LogP contribution in [0.4, 0.5) is 0 Å². The van der Waals surface area contributed by atoms with E-state index in [0.717, 1.165) is 0 Å². The summed E-state index contributed by atoms with van der Waals surface area (Å²) in [5.74, 6) is 0. The van der Waals surface area contributed by atoms with Gasteiger partial charge in [-0.25, -0.2) is 0 Å². The Morgan fingerprint density at radius 2 is 2.07 bits per heavy atom. The summed E-state index contributed by atoms with van der Waals surface area (Å²) >= 11 is 0.365. The summed E-state index contributed by atoms with van der Waals surface area (Å²) in [5.41, 5.74) is 0. The minimum absolute atomic E-state index is 0.0783. The van der Waals surface area contributed by atoms with Crippen LogP contribution in [0.3, 0.4) is 0 Å². The normalized spacial score (nSPS) is 33.1. The van der Waals surface area contributed by atoms with E-state index >= 15 is 0 Å². The molecule has 1 aliphatic heterocycles. The molecule has 14 heavy (non-hydrogen) atoms. The van der Waals surface area contributed by atoms with Crippen LogP contribution in [-0.2, 0) is 14.3 Å². The standard InChI is InChI=1S/C8H10O5S/c1-2-3-13-6-4(9)5(10)7(11)14-8(6)12/h2,4-6,9-10H,1,3H2/t4-,5-,6+/m0/s1. The van der Waals surface area contributed by atoms with Crippen LogP contribution in [0.15, 0.2) is 12.7 Å². The molecule has 0 saturated carbocycles. The number of aliphatic hydroxyl groups is 2. The van der Waals surface area contributed by atoms with E-state index in [1.54, 1.807) is 0 Å². The first-order valence-electron chi connectivity index (χ1n) is 3.92. The van der Waals surface area contributed by atoms with Crippen LogP contribution in [0.1, 0.15) is 0 Å². The first-order valence-corrected chi connectivity index (χ1v) is 4.73. The van der Waals surface area contributed by atoms with E-state index in [-0.39, 0.29) is 6.61 Å². The Morgan fingerprint density at radius 1 is 1.43 bits per heavy atom. The second-order valence-electron chi connectivity index (χ2n) is 2.72. The highest BCUT2D eigenvalue weighted by Crippen LogP contribution is 2.24. The molecule has 3 atom stereocenters. The maximum atomic E-state index is 11.2. The highest BCUT2D eigenvalue weighted by Gasteiger charge is 2.43. The van der Waals surface area contributed by atoms with Crippen molar-refractivity contribution in [3.63, 3.8) is 0 Å². The number of carbonyl (C=O) groups excluding carboxylic acids is 2. The first-order chi connectivity index (χ1) is 6.57. The third-order valence-corrected chi connectivity index (χ3v) is 2.58. The topological polar surface area (TPSA) is 83.8 Å². The van der Waals surface area contributed by atoms with Crippen LogP contribution < -0.4 is 0 Å². The number of hydrogen-bond acceptors (Lipinski definition) is 6. The molecule has 78 valence electrons. The van der Waals surface area contributed by atoms with E-state index in [1.807, 2.05) is 0 Å². The van der Waals surface area contributed by atoms with E-state index in [0.29, 0.717) is 11.8 Å². The van der Waals surface area contributed by atoms with Gasteiger partial charge in [0, 0.05) is 0 Å². The molecule has 1 fully saturated rings. The minimum Gasteiger partial charge on any atom is -0.387 e. The Hall–Kier alpha value is -0.690. The van der Waals surface area contributed by atoms with Crippen molar-refractivity contribution in [3.05, 3.63) is 12.7 Å². The molecule has 1 heterocycles. The van der Waals surface area contributed by atoms with E-state index in [4.69, 9.17) is 9.84 Å². The lowest BCUT2D eigenvalue weighted by atomic mass is 10.1. The van der Waals surface area contributed by atoms with Gasteiger partial charge in [-0.05, 0) is 11.8 Å². The van der Waals surface area contributed by atoms with Crippen molar-refractivity contribution in [2.45, 2.75) is 18.3 Å². The Kier molecular flexibility index (Phi) is 3.82. The number of ether oxygens (including phenoxy) is 1. The molecular weight excluding hydrogens is 208 g/mol. The van der Waals surface area contributed by atoms with Crippen LogP contribution in [0, 0.1) is 0 Å². The van der Waals surface area contributed by atoms with Crippen LogP contribution >= 0.6 is 11.8 Å². The van der Waals surface area contributed by atoms with Crippen molar-refractivity contribution in [1.82, 2.24) is 0 Å². The summed E-state index contributed by atoms with van der Waals surface area (Å²) < 4.78 is 4.92. The lowest BCUT2D eigenvalue weighted by molar-refractivity contribution is -0.145. The van der Waals surface area contributed by atoms with Gasteiger partial charge in [-0.2, -0.15) is 0 Å². The largest absolute Gasteiger partial charge is 0.387 e. The maximum Gasteiger partial charge on any atom is 0.228 e. The zero-order chi connectivity index (χ0) is 10.7. The summed E-state index contributed by atoms with van der Waals surface area (Å²) in [4.78, 5) is 22.1. The molecule has 2 N–H and O–H groups in total. The molecule has 0 bridgehead atoms. The molecule has 0 amide bonds. The van der Waals surface area contributed by atoms with Gasteiger partial charge in [-0.3, -0.25) is 9.59 Å². The quantitative estimate of drug-likeness (QED) is 0.596. The lowest BCUT2D eigenvalue weighted by Gasteiger charge is -2.28. The predicted octanol–water partition coefficient (Wildman–Crippen LogP) is -0.921. The molecule has 6 heteroatoms. The van der Waals surface area contributed by atoms with Crippen molar-refractivity contribution in [1.29, 1.82) is 0 Å². The van der Waals surface area contributed by atoms with E-state index in [2.05, 4.69) is 6.58 Å². The first kappa shape index (κ1) is 11.4. The van der Waals surface area contributed by atoms with Gasteiger partial charge >= 0.3 is 0 Å². The molecule has 1 saturated heterocycles. The summed E-state index contributed by atoms with van der Waals surface area (Å²) in [7, 11) is 0. The second-order valence-corrected chi connectivity index (χ2v) is 3.73. The number of carbonyl (C=O) groups is 2. The van der Waals surface area contributed by atoms with Gasteiger partial charge in [0.15, 0.2) is 12.2 Å². The van der Waals surface area contributed by atoms with Gasteiger partial charge in [0.1, 0.15) is 6.10 Å². The van der Waals surface area contributed by atoms with Crippen LogP contribution in [-0.4, -0.2) is 45.4 Å². The highest BCUT2D eigenvalue weighted by atomic mass is 32.2. The minimum atomic E-state index is -1.56. The zero-order valence-electron chi connectivity index (χ0n) is 7.25. The van der Waals surface area contributed by atoms with E-state index in [9.17, 15) is 14.7 Å². The number of thioether (sulfide) groups is 1. The summed E-state index contributed by atoms with van der Waals surface area (Å²) in [6.45, 7) is 3.45. The van der Waals surface area contributed by atoms with Gasteiger partial charge < -0.3 is 14.9 Å². The number of rotatable bonds is 3. The van der Waals surface area contributed by atoms with Crippen LogP contribution in [0.2, 0.25) is 0 Å². The molecular formula is C8H10O5S. The summed E-state index contributed by atoms with van der Waals surface area (Å²) in [6.07, 6.45) is -2.80. The van der Waals surface area contributed by atoms with Gasteiger partial charge in [-0.1, -0.05) is 6.08 Å². The Labute approximate surface area is 84.7 Å². The molecule has 0 spiro atoms. The third-order valence-electron chi connectivity index (χ3n) is 1.70. The summed E-state index contributed by atoms with van der Waals surface area (Å²) in [5, 5.41) is 17.2. The highest BCUT2D eigenvalue weighted by molar-refractivity contribution is 8.26. The van der Waals surface area contributed by atoms with Gasteiger partial charge in [-0.15, -0.1) is 6.58 Å². The predicted molar refractivity (Wildman–Crippen MR) is 49.6 cm³/mol. The van der Waals surface area contributed by atoms with Crippen LogP contribution in [0.5, 0.6) is 0 Å². The Balaban J connectivity index is 2.68. The number of hydrogen-bond donors (Lipinski definition) is 2. The molecule has 1 aliphatic rings. The fourth-order valence-electron chi connectivity index (χ4n) is 1.00. The van der Waals surface area contributed by atoms with E-state index < -0.39 is 28.5 Å². The lowest BCUT2D eigenvalue weighted by Crippen LogP contribution is -2.50. The molecule has 0 aromatic rings. The van der Waals surface area contributed by atoms with Crippen molar-refractivity contribution >= 4 is 22.0 Å². The Morgan fingerprint density at radius 3 is 2.64 bits per heavy atom.